The maximum absolute atomic E-state index is 11.7. The van der Waals surface area contributed by atoms with Crippen LogP contribution in [0.2, 0.25) is 0 Å². The molecule has 0 aliphatic carbocycles. The second kappa shape index (κ2) is 6.01. The van der Waals surface area contributed by atoms with Crippen LogP contribution in [0, 0.1) is 0 Å². The fourth-order valence-corrected chi connectivity index (χ4v) is 1.64. The van der Waals surface area contributed by atoms with Gasteiger partial charge >= 0.3 is 5.97 Å². The predicted molar refractivity (Wildman–Crippen MR) is 70.6 cm³/mol. The molecular weight excluding hydrogens is 252 g/mol. The SMILES string of the molecule is CC(C)(C)OC(=O)C(=O)[C@@H](Cl)Cc1ccccc1. The summed E-state index contributed by atoms with van der Waals surface area (Å²) in [6, 6.07) is 9.31. The lowest BCUT2D eigenvalue weighted by Crippen LogP contribution is -2.34. The highest BCUT2D eigenvalue weighted by Crippen LogP contribution is 2.13. The predicted octanol–water partition coefficient (Wildman–Crippen LogP) is 2.75. The van der Waals surface area contributed by atoms with Crippen molar-refractivity contribution >= 4 is 23.4 Å². The lowest BCUT2D eigenvalue weighted by Gasteiger charge is -2.19. The van der Waals surface area contributed by atoms with Crippen molar-refractivity contribution in [2.45, 2.75) is 38.2 Å². The number of alkyl halides is 1. The van der Waals surface area contributed by atoms with Crippen molar-refractivity contribution in [3.63, 3.8) is 0 Å². The summed E-state index contributed by atoms with van der Waals surface area (Å²) in [7, 11) is 0. The molecule has 0 saturated carbocycles. The Bertz CT molecular complexity index is 420. The van der Waals surface area contributed by atoms with E-state index in [9.17, 15) is 9.59 Å². The smallest absolute Gasteiger partial charge is 0.376 e. The molecule has 1 rings (SSSR count). The monoisotopic (exact) mass is 268 g/mol. The maximum atomic E-state index is 11.7. The number of ether oxygens (including phenoxy) is 1. The molecule has 3 nitrogen and oxygen atoms in total. The van der Waals surface area contributed by atoms with E-state index in [0.717, 1.165) is 5.56 Å². The van der Waals surface area contributed by atoms with Crippen LogP contribution in [0.5, 0.6) is 0 Å². The normalized spacial score (nSPS) is 12.9. The molecule has 0 radical (unpaired) electrons. The highest BCUT2D eigenvalue weighted by Gasteiger charge is 2.28. The first-order chi connectivity index (χ1) is 8.29. The molecule has 0 amide bonds. The fraction of sp³-hybridized carbons (Fsp3) is 0.429. The molecule has 0 spiro atoms. The van der Waals surface area contributed by atoms with Crippen molar-refractivity contribution in [1.29, 1.82) is 0 Å². The van der Waals surface area contributed by atoms with Crippen molar-refractivity contribution in [3.05, 3.63) is 35.9 Å². The number of ketones is 1. The topological polar surface area (TPSA) is 43.4 Å². The first-order valence-electron chi connectivity index (χ1n) is 5.75. The second-order valence-corrected chi connectivity index (χ2v) is 5.55. The molecule has 0 unspecified atom stereocenters. The Morgan fingerprint density at radius 2 is 1.78 bits per heavy atom. The van der Waals surface area contributed by atoms with Crippen molar-refractivity contribution < 1.29 is 14.3 Å². The van der Waals surface area contributed by atoms with Gasteiger partial charge in [-0.3, -0.25) is 4.79 Å². The van der Waals surface area contributed by atoms with E-state index in [2.05, 4.69) is 0 Å². The first-order valence-corrected chi connectivity index (χ1v) is 6.18. The van der Waals surface area contributed by atoms with Crippen LogP contribution in [0.25, 0.3) is 0 Å². The standard InChI is InChI=1S/C14H17ClO3/c1-14(2,3)18-13(17)12(16)11(15)9-10-7-5-4-6-8-10/h4-8,11H,9H2,1-3H3/t11-/m0/s1. The number of hydrogen-bond acceptors (Lipinski definition) is 3. The average molecular weight is 269 g/mol. The minimum atomic E-state index is -0.887. The molecule has 1 aromatic carbocycles. The summed E-state index contributed by atoms with van der Waals surface area (Å²) in [5, 5.41) is -0.887. The number of rotatable bonds is 4. The number of carbonyl (C=O) groups excluding carboxylic acids is 2. The van der Waals surface area contributed by atoms with Crippen LogP contribution >= 0.6 is 11.6 Å². The molecule has 0 aliphatic rings. The molecule has 0 N–H and O–H groups in total. The van der Waals surface area contributed by atoms with Crippen LogP contribution in [-0.2, 0) is 20.7 Å². The summed E-state index contributed by atoms with van der Waals surface area (Å²) < 4.78 is 4.99. The number of halogens is 1. The Hall–Kier alpha value is -1.35. The van der Waals surface area contributed by atoms with Gasteiger partial charge in [0.15, 0.2) is 0 Å². The molecule has 4 heteroatoms. The zero-order valence-electron chi connectivity index (χ0n) is 10.8. The van der Waals surface area contributed by atoms with E-state index in [1.165, 1.54) is 0 Å². The van der Waals surface area contributed by atoms with Gasteiger partial charge in [0.1, 0.15) is 11.0 Å². The molecule has 0 heterocycles. The number of carbonyl (C=O) groups is 2. The zero-order valence-corrected chi connectivity index (χ0v) is 11.5. The number of hydrogen-bond donors (Lipinski definition) is 0. The van der Waals surface area contributed by atoms with Crippen LogP contribution in [0.15, 0.2) is 30.3 Å². The van der Waals surface area contributed by atoms with Crippen molar-refractivity contribution in [1.82, 2.24) is 0 Å². The Balaban J connectivity index is 2.59. The van der Waals surface area contributed by atoms with E-state index in [4.69, 9.17) is 16.3 Å². The number of Topliss-reactive ketones (excluding diaryl/α,β-unsaturated/α-hetero) is 1. The lowest BCUT2D eigenvalue weighted by molar-refractivity contribution is -0.162. The van der Waals surface area contributed by atoms with Crippen LogP contribution in [-0.4, -0.2) is 22.7 Å². The Morgan fingerprint density at radius 3 is 2.28 bits per heavy atom. The fourth-order valence-electron chi connectivity index (χ4n) is 1.37. The summed E-state index contributed by atoms with van der Waals surface area (Å²) in [5.41, 5.74) is 0.227. The molecule has 98 valence electrons. The molecule has 0 saturated heterocycles. The summed E-state index contributed by atoms with van der Waals surface area (Å²) in [6.45, 7) is 5.12. The van der Waals surface area contributed by atoms with Gasteiger partial charge in [-0.25, -0.2) is 4.79 Å². The summed E-state index contributed by atoms with van der Waals surface area (Å²) in [4.78, 5) is 23.3. The van der Waals surface area contributed by atoms with Crippen LogP contribution in [0.1, 0.15) is 26.3 Å². The van der Waals surface area contributed by atoms with E-state index < -0.39 is 22.7 Å². The van der Waals surface area contributed by atoms with Crippen LogP contribution < -0.4 is 0 Å². The van der Waals surface area contributed by atoms with E-state index in [-0.39, 0.29) is 0 Å². The van der Waals surface area contributed by atoms with Gasteiger partial charge in [0.25, 0.3) is 5.78 Å². The van der Waals surface area contributed by atoms with E-state index in [1.807, 2.05) is 30.3 Å². The molecule has 0 aliphatic heterocycles. The second-order valence-electron chi connectivity index (χ2n) is 5.02. The van der Waals surface area contributed by atoms with Gasteiger partial charge in [-0.2, -0.15) is 0 Å². The third kappa shape index (κ3) is 4.88. The van der Waals surface area contributed by atoms with Crippen LogP contribution in [0.3, 0.4) is 0 Å². The van der Waals surface area contributed by atoms with Crippen molar-refractivity contribution in [2.24, 2.45) is 0 Å². The lowest BCUT2D eigenvalue weighted by atomic mass is 10.1. The maximum Gasteiger partial charge on any atom is 0.376 e. The van der Waals surface area contributed by atoms with Gasteiger partial charge in [0.05, 0.1) is 0 Å². The van der Waals surface area contributed by atoms with Gasteiger partial charge in [0.2, 0.25) is 0 Å². The van der Waals surface area contributed by atoms with Crippen molar-refractivity contribution in [2.75, 3.05) is 0 Å². The van der Waals surface area contributed by atoms with E-state index in [1.54, 1.807) is 20.8 Å². The summed E-state index contributed by atoms with van der Waals surface area (Å²) in [5.74, 6) is -1.58. The minimum Gasteiger partial charge on any atom is -0.454 e. The Kier molecular flexibility index (Phi) is 4.91. The third-order valence-electron chi connectivity index (χ3n) is 2.14. The molecule has 18 heavy (non-hydrogen) atoms. The van der Waals surface area contributed by atoms with Gasteiger partial charge in [-0.05, 0) is 32.8 Å². The van der Waals surface area contributed by atoms with Gasteiger partial charge in [-0.15, -0.1) is 11.6 Å². The molecule has 0 bridgehead atoms. The third-order valence-corrected chi connectivity index (χ3v) is 2.49. The molecule has 1 atom stereocenters. The van der Waals surface area contributed by atoms with E-state index >= 15 is 0 Å². The van der Waals surface area contributed by atoms with Gasteiger partial charge in [-0.1, -0.05) is 30.3 Å². The quantitative estimate of drug-likeness (QED) is 0.479. The molecule has 0 fully saturated rings. The van der Waals surface area contributed by atoms with Crippen molar-refractivity contribution in [3.8, 4) is 0 Å². The largest absolute Gasteiger partial charge is 0.454 e. The average Bonchev–Trinajstić information content (AvgIpc) is 2.27. The summed E-state index contributed by atoms with van der Waals surface area (Å²) in [6.07, 6.45) is 0.320. The highest BCUT2D eigenvalue weighted by atomic mass is 35.5. The van der Waals surface area contributed by atoms with Gasteiger partial charge < -0.3 is 4.74 Å². The van der Waals surface area contributed by atoms with E-state index in [0.29, 0.717) is 6.42 Å². The van der Waals surface area contributed by atoms with Gasteiger partial charge in [0, 0.05) is 0 Å². The Morgan fingerprint density at radius 1 is 1.22 bits per heavy atom. The summed E-state index contributed by atoms with van der Waals surface area (Å²) >= 11 is 5.94. The minimum absolute atomic E-state index is 0.320. The van der Waals surface area contributed by atoms with Crippen LogP contribution in [0.4, 0.5) is 0 Å². The number of benzene rings is 1. The highest BCUT2D eigenvalue weighted by molar-refractivity contribution is 6.47. The molecule has 0 aromatic heterocycles. The zero-order chi connectivity index (χ0) is 13.8. The Labute approximate surface area is 112 Å². The molecule has 1 aromatic rings. The number of esters is 1. The molecular formula is C14H17ClO3. The first kappa shape index (κ1) is 14.7.